The van der Waals surface area contributed by atoms with Gasteiger partial charge in [0.25, 0.3) is 0 Å². The third-order valence-electron chi connectivity index (χ3n) is 5.43. The first-order valence-electron chi connectivity index (χ1n) is 9.31. The maximum Gasteiger partial charge on any atom is 0.246 e. The van der Waals surface area contributed by atoms with Crippen LogP contribution in [0.4, 0.5) is 17.3 Å². The van der Waals surface area contributed by atoms with Gasteiger partial charge in [0, 0.05) is 19.3 Å². The Balaban J connectivity index is 1.45. The Morgan fingerprint density at radius 1 is 1.24 bits per heavy atom. The minimum absolute atomic E-state index is 0.00126. The van der Waals surface area contributed by atoms with Gasteiger partial charge in [-0.25, -0.2) is 15.0 Å². The van der Waals surface area contributed by atoms with Crippen LogP contribution in [0.1, 0.15) is 6.42 Å². The summed E-state index contributed by atoms with van der Waals surface area (Å²) >= 11 is 6.03. The molecule has 2 bridgehead atoms. The van der Waals surface area contributed by atoms with Gasteiger partial charge >= 0.3 is 0 Å². The molecule has 0 saturated carbocycles. The van der Waals surface area contributed by atoms with Crippen LogP contribution in [-0.4, -0.2) is 55.9 Å². The maximum atomic E-state index is 12.0. The van der Waals surface area contributed by atoms with Gasteiger partial charge in [-0.3, -0.25) is 9.78 Å². The van der Waals surface area contributed by atoms with Crippen molar-refractivity contribution in [2.24, 2.45) is 0 Å². The zero-order chi connectivity index (χ0) is 20.0. The fourth-order valence-electron chi connectivity index (χ4n) is 4.13. The second-order valence-electron chi connectivity index (χ2n) is 7.17. The number of carbonyl (C=O) groups is 1. The summed E-state index contributed by atoms with van der Waals surface area (Å²) in [6, 6.07) is 6.15. The van der Waals surface area contributed by atoms with Crippen LogP contribution >= 0.6 is 11.6 Å². The van der Waals surface area contributed by atoms with Gasteiger partial charge < -0.3 is 15.1 Å². The summed E-state index contributed by atoms with van der Waals surface area (Å²) in [4.78, 5) is 33.8. The van der Waals surface area contributed by atoms with Gasteiger partial charge in [0.05, 0.1) is 34.5 Å². The number of carbonyl (C=O) groups excluding carboxylic acids is 1. The van der Waals surface area contributed by atoms with Gasteiger partial charge in [-0.2, -0.15) is 0 Å². The smallest absolute Gasteiger partial charge is 0.246 e. The Labute approximate surface area is 172 Å². The van der Waals surface area contributed by atoms with Gasteiger partial charge in [0.15, 0.2) is 5.82 Å². The largest absolute Gasteiger partial charge is 0.350 e. The van der Waals surface area contributed by atoms with Crippen molar-refractivity contribution in [2.45, 2.75) is 18.5 Å². The number of pyridine rings is 2. The highest BCUT2D eigenvalue weighted by Gasteiger charge is 2.45. The average molecular weight is 408 g/mol. The number of fused-ring (bicyclic) bond motifs is 3. The summed E-state index contributed by atoms with van der Waals surface area (Å²) in [5, 5.41) is 3.76. The highest BCUT2D eigenvalue weighted by Crippen LogP contribution is 2.35. The normalized spacial score (nSPS) is 20.3. The summed E-state index contributed by atoms with van der Waals surface area (Å²) < 4.78 is 0. The molecule has 5 heterocycles. The number of hydrogen-bond acceptors (Lipinski definition) is 7. The molecule has 0 aliphatic carbocycles. The number of likely N-dealkylation sites (tertiary alicyclic amines) is 1. The Bertz CT molecular complexity index is 1120. The average Bonchev–Trinajstić information content (AvgIpc) is 3.34. The Kier molecular flexibility index (Phi) is 4.28. The van der Waals surface area contributed by atoms with Crippen molar-refractivity contribution in [2.75, 3.05) is 23.3 Å². The molecule has 146 valence electrons. The number of anilines is 3. The van der Waals surface area contributed by atoms with Crippen LogP contribution in [0.25, 0.3) is 11.0 Å². The molecule has 2 aliphatic rings. The van der Waals surface area contributed by atoms with Crippen molar-refractivity contribution in [1.29, 1.82) is 0 Å². The van der Waals surface area contributed by atoms with Crippen LogP contribution < -0.4 is 10.2 Å². The molecular weight excluding hydrogens is 390 g/mol. The van der Waals surface area contributed by atoms with Gasteiger partial charge in [-0.15, -0.1) is 0 Å². The summed E-state index contributed by atoms with van der Waals surface area (Å²) in [6.45, 7) is 5.05. The van der Waals surface area contributed by atoms with Crippen LogP contribution in [-0.2, 0) is 4.79 Å². The minimum atomic E-state index is -0.00126. The molecule has 9 heteroatoms. The van der Waals surface area contributed by atoms with Crippen molar-refractivity contribution in [3.05, 3.63) is 54.6 Å². The van der Waals surface area contributed by atoms with Crippen molar-refractivity contribution < 1.29 is 4.79 Å². The second-order valence-corrected chi connectivity index (χ2v) is 7.60. The van der Waals surface area contributed by atoms with E-state index in [0.717, 1.165) is 30.0 Å². The quantitative estimate of drug-likeness (QED) is 0.665. The van der Waals surface area contributed by atoms with Gasteiger partial charge in [-0.1, -0.05) is 18.2 Å². The first-order valence-corrected chi connectivity index (χ1v) is 9.69. The van der Waals surface area contributed by atoms with Crippen LogP contribution in [0.15, 0.2) is 49.6 Å². The number of piperazine rings is 1. The van der Waals surface area contributed by atoms with Gasteiger partial charge in [0.1, 0.15) is 17.7 Å². The van der Waals surface area contributed by atoms with Crippen molar-refractivity contribution >= 4 is 45.9 Å². The standard InChI is InChI=1S/C20H18ClN7O/c1-2-18(29)28-10-14-6-15(28)9-27(14)17-4-3-16-19(26-17)20(24-11-23-16)25-13-5-12(21)7-22-8-13/h2-5,7-8,11,14-15H,1,6,9-10H2,(H,23,24,25)/t14-,15-/m0/s1. The Hall–Kier alpha value is -3.26. The van der Waals surface area contributed by atoms with Gasteiger partial charge in [-0.05, 0) is 30.7 Å². The molecule has 0 radical (unpaired) electrons. The topological polar surface area (TPSA) is 87.1 Å². The molecule has 2 aliphatic heterocycles. The lowest BCUT2D eigenvalue weighted by Gasteiger charge is -2.34. The molecular formula is C20H18ClN7O. The number of aromatic nitrogens is 4. The molecule has 8 nitrogen and oxygen atoms in total. The Morgan fingerprint density at radius 2 is 2.14 bits per heavy atom. The second kappa shape index (κ2) is 6.97. The molecule has 0 spiro atoms. The highest BCUT2D eigenvalue weighted by molar-refractivity contribution is 6.30. The number of rotatable bonds is 4. The molecule has 5 rings (SSSR count). The molecule has 1 N–H and O–H groups in total. The van der Waals surface area contributed by atoms with Crippen molar-refractivity contribution in [1.82, 2.24) is 24.8 Å². The number of nitrogens with one attached hydrogen (secondary N) is 1. The lowest BCUT2D eigenvalue weighted by atomic mass is 10.2. The molecule has 0 unspecified atom stereocenters. The third-order valence-corrected chi connectivity index (χ3v) is 5.63. The van der Waals surface area contributed by atoms with E-state index >= 15 is 0 Å². The van der Waals surface area contributed by atoms with Crippen molar-refractivity contribution in [3.8, 4) is 0 Å². The SMILES string of the molecule is C=CC(=O)N1C[C@@H]2C[C@H]1CN2c1ccc2ncnc(Nc3cncc(Cl)c3)c2n1. The lowest BCUT2D eigenvalue weighted by Crippen LogP contribution is -2.48. The lowest BCUT2D eigenvalue weighted by molar-refractivity contribution is -0.127. The molecule has 1 amide bonds. The van der Waals surface area contributed by atoms with E-state index in [2.05, 4.69) is 31.7 Å². The Morgan fingerprint density at radius 3 is 2.90 bits per heavy atom. The van der Waals surface area contributed by atoms with E-state index in [1.165, 1.54) is 12.4 Å². The van der Waals surface area contributed by atoms with E-state index in [4.69, 9.17) is 16.6 Å². The van der Waals surface area contributed by atoms with E-state index in [-0.39, 0.29) is 18.0 Å². The summed E-state index contributed by atoms with van der Waals surface area (Å²) in [7, 11) is 0. The monoisotopic (exact) mass is 407 g/mol. The van der Waals surface area contributed by atoms with E-state index < -0.39 is 0 Å². The molecule has 2 atom stereocenters. The maximum absolute atomic E-state index is 12.0. The summed E-state index contributed by atoms with van der Waals surface area (Å²) in [5.41, 5.74) is 2.14. The highest BCUT2D eigenvalue weighted by atomic mass is 35.5. The third kappa shape index (κ3) is 3.15. The van der Waals surface area contributed by atoms with Crippen LogP contribution in [0.5, 0.6) is 0 Å². The first-order chi connectivity index (χ1) is 14.1. The summed E-state index contributed by atoms with van der Waals surface area (Å²) in [5.74, 6) is 1.45. The number of amides is 1. The molecule has 0 aromatic carbocycles. The van der Waals surface area contributed by atoms with Crippen LogP contribution in [0, 0.1) is 0 Å². The minimum Gasteiger partial charge on any atom is -0.350 e. The van der Waals surface area contributed by atoms with Crippen LogP contribution in [0.3, 0.4) is 0 Å². The number of nitrogens with zero attached hydrogens (tertiary/aromatic N) is 6. The fraction of sp³-hybridized carbons (Fsp3) is 0.250. The molecule has 3 aromatic rings. The van der Waals surface area contributed by atoms with E-state index in [0.29, 0.717) is 22.9 Å². The van der Waals surface area contributed by atoms with E-state index in [1.54, 1.807) is 18.5 Å². The fourth-order valence-corrected chi connectivity index (χ4v) is 4.31. The van der Waals surface area contributed by atoms with Crippen LogP contribution in [0.2, 0.25) is 5.02 Å². The number of halogens is 1. The van der Waals surface area contributed by atoms with Crippen molar-refractivity contribution in [3.63, 3.8) is 0 Å². The predicted molar refractivity (Wildman–Crippen MR) is 111 cm³/mol. The first kappa shape index (κ1) is 17.8. The van der Waals surface area contributed by atoms with E-state index in [9.17, 15) is 4.79 Å². The molecule has 2 fully saturated rings. The predicted octanol–water partition coefficient (Wildman–Crippen LogP) is 2.79. The van der Waals surface area contributed by atoms with E-state index in [1.807, 2.05) is 17.0 Å². The van der Waals surface area contributed by atoms with Gasteiger partial charge in [0.2, 0.25) is 5.91 Å². The molecule has 3 aromatic heterocycles. The zero-order valence-electron chi connectivity index (χ0n) is 15.5. The zero-order valence-corrected chi connectivity index (χ0v) is 16.3. The molecule has 2 saturated heterocycles. The summed E-state index contributed by atoms with van der Waals surface area (Å²) in [6.07, 6.45) is 7.09. The molecule has 29 heavy (non-hydrogen) atoms. The number of hydrogen-bond donors (Lipinski definition) is 1.